The van der Waals surface area contributed by atoms with Gasteiger partial charge in [-0.1, -0.05) is 29.8 Å². The molecule has 0 saturated carbocycles. The van der Waals surface area contributed by atoms with Gasteiger partial charge in [0.25, 0.3) is 0 Å². The number of primary amides is 1. The summed E-state index contributed by atoms with van der Waals surface area (Å²) >= 11 is 5.90. The zero-order chi connectivity index (χ0) is 13.7. The summed E-state index contributed by atoms with van der Waals surface area (Å²) in [4.78, 5) is 11.0. The lowest BCUT2D eigenvalue weighted by Gasteiger charge is -2.07. The Labute approximate surface area is 117 Å². The molecule has 3 nitrogen and oxygen atoms in total. The number of rotatable bonds is 5. The van der Waals surface area contributed by atoms with Crippen molar-refractivity contribution < 1.29 is 9.53 Å². The van der Waals surface area contributed by atoms with Gasteiger partial charge in [0.05, 0.1) is 6.61 Å². The van der Waals surface area contributed by atoms with Crippen molar-refractivity contribution in [3.8, 4) is 5.75 Å². The van der Waals surface area contributed by atoms with Gasteiger partial charge in [-0.25, -0.2) is 0 Å². The first-order valence-corrected chi connectivity index (χ1v) is 6.30. The van der Waals surface area contributed by atoms with Crippen molar-refractivity contribution in [1.29, 1.82) is 0 Å². The van der Waals surface area contributed by atoms with Crippen LogP contribution in [-0.2, 0) is 6.42 Å². The van der Waals surface area contributed by atoms with Gasteiger partial charge in [0.15, 0.2) is 0 Å². The summed E-state index contributed by atoms with van der Waals surface area (Å²) in [5.41, 5.74) is 6.76. The summed E-state index contributed by atoms with van der Waals surface area (Å²) in [5, 5.41) is 0.716. The van der Waals surface area contributed by atoms with Gasteiger partial charge in [-0.3, -0.25) is 4.79 Å². The van der Waals surface area contributed by atoms with E-state index in [1.807, 2.05) is 24.3 Å². The number of ether oxygens (including phenoxy) is 1. The lowest BCUT2D eigenvalue weighted by molar-refractivity contribution is 0.1000. The lowest BCUT2D eigenvalue weighted by Crippen LogP contribution is -2.11. The second kappa shape index (κ2) is 6.25. The summed E-state index contributed by atoms with van der Waals surface area (Å²) in [5.74, 6) is 0.179. The number of amides is 1. The molecule has 0 fully saturated rings. The number of halogens is 1. The largest absolute Gasteiger partial charge is 0.493 e. The Kier molecular flexibility index (Phi) is 4.42. The minimum atomic E-state index is -0.458. The van der Waals surface area contributed by atoms with Gasteiger partial charge >= 0.3 is 0 Å². The molecule has 0 aliphatic carbocycles. The summed E-state index contributed by atoms with van der Waals surface area (Å²) in [7, 11) is 0. The molecule has 0 bridgehead atoms. The van der Waals surface area contributed by atoms with Gasteiger partial charge in [0.1, 0.15) is 5.75 Å². The van der Waals surface area contributed by atoms with Crippen LogP contribution in [0.3, 0.4) is 0 Å². The Morgan fingerprint density at radius 2 is 1.95 bits per heavy atom. The van der Waals surface area contributed by atoms with Crippen molar-refractivity contribution >= 4 is 17.5 Å². The molecule has 0 saturated heterocycles. The number of carbonyl (C=O) groups excluding carboxylic acids is 1. The number of hydrogen-bond acceptors (Lipinski definition) is 2. The van der Waals surface area contributed by atoms with Crippen LogP contribution in [0, 0.1) is 0 Å². The SMILES string of the molecule is NC(=O)c1cccc(OCCc2cccc(Cl)c2)c1. The van der Waals surface area contributed by atoms with Gasteiger partial charge in [0.2, 0.25) is 5.91 Å². The zero-order valence-corrected chi connectivity index (χ0v) is 11.1. The van der Waals surface area contributed by atoms with E-state index < -0.39 is 5.91 Å². The highest BCUT2D eigenvalue weighted by Crippen LogP contribution is 2.15. The van der Waals surface area contributed by atoms with Gasteiger partial charge in [-0.05, 0) is 35.9 Å². The van der Waals surface area contributed by atoms with E-state index in [2.05, 4.69) is 0 Å². The highest BCUT2D eigenvalue weighted by molar-refractivity contribution is 6.30. The second-order valence-corrected chi connectivity index (χ2v) is 4.56. The minimum Gasteiger partial charge on any atom is -0.493 e. The van der Waals surface area contributed by atoms with Gasteiger partial charge in [-0.2, -0.15) is 0 Å². The lowest BCUT2D eigenvalue weighted by atomic mass is 10.2. The van der Waals surface area contributed by atoms with Crippen LogP contribution in [0.15, 0.2) is 48.5 Å². The van der Waals surface area contributed by atoms with Crippen molar-refractivity contribution in [3.63, 3.8) is 0 Å². The average molecular weight is 276 g/mol. The van der Waals surface area contributed by atoms with Crippen molar-refractivity contribution in [2.75, 3.05) is 6.61 Å². The van der Waals surface area contributed by atoms with Gasteiger partial charge < -0.3 is 10.5 Å². The first-order chi connectivity index (χ1) is 9.15. The normalized spacial score (nSPS) is 10.2. The molecule has 2 N–H and O–H groups in total. The molecule has 1 amide bonds. The highest BCUT2D eigenvalue weighted by atomic mass is 35.5. The molecule has 0 heterocycles. The van der Waals surface area contributed by atoms with E-state index in [1.54, 1.807) is 24.3 Å². The Balaban J connectivity index is 1.92. The van der Waals surface area contributed by atoms with E-state index in [1.165, 1.54) is 0 Å². The van der Waals surface area contributed by atoms with Crippen molar-refractivity contribution in [1.82, 2.24) is 0 Å². The molecule has 0 radical (unpaired) electrons. The van der Waals surface area contributed by atoms with Crippen molar-refractivity contribution in [2.45, 2.75) is 6.42 Å². The van der Waals surface area contributed by atoms with Crippen LogP contribution in [0.25, 0.3) is 0 Å². The van der Waals surface area contributed by atoms with Gasteiger partial charge in [0, 0.05) is 17.0 Å². The van der Waals surface area contributed by atoms with E-state index in [0.717, 1.165) is 12.0 Å². The third-order valence-corrected chi connectivity index (χ3v) is 2.90. The fourth-order valence-electron chi connectivity index (χ4n) is 1.72. The van der Waals surface area contributed by atoms with Crippen LogP contribution in [-0.4, -0.2) is 12.5 Å². The Hall–Kier alpha value is -2.00. The Bertz CT molecular complexity index is 584. The van der Waals surface area contributed by atoms with Crippen LogP contribution in [0.2, 0.25) is 5.02 Å². The fourth-order valence-corrected chi connectivity index (χ4v) is 1.93. The van der Waals surface area contributed by atoms with Crippen LogP contribution in [0.1, 0.15) is 15.9 Å². The molecule has 0 aliphatic heterocycles. The zero-order valence-electron chi connectivity index (χ0n) is 10.3. The molecular formula is C15H14ClNO2. The highest BCUT2D eigenvalue weighted by Gasteiger charge is 2.02. The maximum Gasteiger partial charge on any atom is 0.248 e. The number of hydrogen-bond donors (Lipinski definition) is 1. The van der Waals surface area contributed by atoms with Crippen LogP contribution >= 0.6 is 11.6 Å². The Morgan fingerprint density at radius 1 is 1.16 bits per heavy atom. The van der Waals surface area contributed by atoms with Crippen molar-refractivity contribution in [2.24, 2.45) is 5.73 Å². The molecule has 0 unspecified atom stereocenters. The molecular weight excluding hydrogens is 262 g/mol. The number of nitrogens with two attached hydrogens (primary N) is 1. The molecule has 4 heteroatoms. The van der Waals surface area contributed by atoms with Crippen LogP contribution in [0.5, 0.6) is 5.75 Å². The van der Waals surface area contributed by atoms with E-state index in [-0.39, 0.29) is 0 Å². The first kappa shape index (κ1) is 13.4. The molecule has 2 aromatic rings. The van der Waals surface area contributed by atoms with Crippen LogP contribution < -0.4 is 10.5 Å². The topological polar surface area (TPSA) is 52.3 Å². The third-order valence-electron chi connectivity index (χ3n) is 2.67. The monoisotopic (exact) mass is 275 g/mol. The number of carbonyl (C=O) groups is 1. The van der Waals surface area contributed by atoms with E-state index in [9.17, 15) is 4.79 Å². The van der Waals surface area contributed by atoms with Crippen LogP contribution in [0.4, 0.5) is 0 Å². The molecule has 2 rings (SSSR count). The predicted octanol–water partition coefficient (Wildman–Crippen LogP) is 3.06. The molecule has 2 aromatic carbocycles. The first-order valence-electron chi connectivity index (χ1n) is 5.92. The molecule has 0 spiro atoms. The molecule has 0 aromatic heterocycles. The molecule has 0 atom stereocenters. The summed E-state index contributed by atoms with van der Waals surface area (Å²) in [6, 6.07) is 14.5. The van der Waals surface area contributed by atoms with E-state index in [0.29, 0.717) is 22.9 Å². The molecule has 0 aliphatic rings. The minimum absolute atomic E-state index is 0.445. The predicted molar refractivity (Wildman–Crippen MR) is 75.6 cm³/mol. The fraction of sp³-hybridized carbons (Fsp3) is 0.133. The second-order valence-electron chi connectivity index (χ2n) is 4.12. The average Bonchev–Trinajstić information content (AvgIpc) is 2.39. The summed E-state index contributed by atoms with van der Waals surface area (Å²) in [6.45, 7) is 0.516. The summed E-state index contributed by atoms with van der Waals surface area (Å²) < 4.78 is 5.59. The smallest absolute Gasteiger partial charge is 0.248 e. The maximum absolute atomic E-state index is 11.0. The van der Waals surface area contributed by atoms with E-state index in [4.69, 9.17) is 22.1 Å². The third kappa shape index (κ3) is 4.00. The quantitative estimate of drug-likeness (QED) is 0.912. The maximum atomic E-state index is 11.0. The van der Waals surface area contributed by atoms with Gasteiger partial charge in [-0.15, -0.1) is 0 Å². The summed E-state index contributed by atoms with van der Waals surface area (Å²) in [6.07, 6.45) is 0.751. The van der Waals surface area contributed by atoms with Crippen molar-refractivity contribution in [3.05, 3.63) is 64.7 Å². The molecule has 98 valence electrons. The Morgan fingerprint density at radius 3 is 2.68 bits per heavy atom. The number of benzene rings is 2. The molecule has 19 heavy (non-hydrogen) atoms. The van der Waals surface area contributed by atoms with E-state index >= 15 is 0 Å². The standard InChI is InChI=1S/C15H14ClNO2/c16-13-5-1-3-11(9-13)7-8-19-14-6-2-4-12(10-14)15(17)18/h1-6,9-10H,7-8H2,(H2,17,18).